The van der Waals surface area contributed by atoms with Gasteiger partial charge < -0.3 is 30.7 Å². The molecule has 4 rings (SSSR count). The fourth-order valence-corrected chi connectivity index (χ4v) is 6.81. The maximum Gasteiger partial charge on any atom is 0.246 e. The molecule has 0 spiro atoms. The molecule has 3 amide bonds. The van der Waals surface area contributed by atoms with Crippen LogP contribution >= 0.6 is 22.9 Å². The van der Waals surface area contributed by atoms with E-state index in [0.717, 1.165) is 47.6 Å². The summed E-state index contributed by atoms with van der Waals surface area (Å²) in [7, 11) is 0. The number of halogens is 1. The highest BCUT2D eigenvalue weighted by Gasteiger charge is 2.44. The third kappa shape index (κ3) is 8.54. The van der Waals surface area contributed by atoms with Crippen LogP contribution in [-0.2, 0) is 19.1 Å². The molecule has 2 aliphatic heterocycles. The van der Waals surface area contributed by atoms with Crippen molar-refractivity contribution < 1.29 is 24.2 Å². The quantitative estimate of drug-likeness (QED) is 0.315. The zero-order chi connectivity index (χ0) is 31.3. The molecule has 4 N–H and O–H groups in total. The number of hydrogen-bond acceptors (Lipinski definition) is 8. The average Bonchev–Trinajstić information content (AvgIpc) is 3.56. The Bertz CT molecular complexity index is 1290. The Morgan fingerprint density at radius 1 is 1.23 bits per heavy atom. The van der Waals surface area contributed by atoms with Crippen molar-refractivity contribution in [2.75, 3.05) is 32.8 Å². The number of ether oxygens (including phenoxy) is 1. The summed E-state index contributed by atoms with van der Waals surface area (Å²) in [5, 5.41) is 20.2. The summed E-state index contributed by atoms with van der Waals surface area (Å²) in [6.45, 7) is 11.6. The number of rotatable bonds is 10. The predicted octanol–water partition coefficient (Wildman–Crippen LogP) is 3.46. The van der Waals surface area contributed by atoms with Crippen molar-refractivity contribution >= 4 is 40.7 Å². The summed E-state index contributed by atoms with van der Waals surface area (Å²) in [6.07, 6.45) is 1.28. The summed E-state index contributed by atoms with van der Waals surface area (Å²) in [6, 6.07) is 3.48. The first kappa shape index (κ1) is 33.3. The minimum absolute atomic E-state index is 0.00862. The van der Waals surface area contributed by atoms with Crippen molar-refractivity contribution in [2.45, 2.75) is 78.1 Å². The van der Waals surface area contributed by atoms with Crippen molar-refractivity contribution in [1.82, 2.24) is 25.8 Å². The largest absolute Gasteiger partial charge is 0.391 e. The Kier molecular flexibility index (Phi) is 11.2. The van der Waals surface area contributed by atoms with Crippen molar-refractivity contribution in [3.63, 3.8) is 0 Å². The minimum atomic E-state index is -0.901. The first-order valence-corrected chi connectivity index (χ1v) is 16.2. The van der Waals surface area contributed by atoms with E-state index in [9.17, 15) is 19.5 Å². The number of carbonyl (C=O) groups excluding carboxylic acids is 3. The fourth-order valence-electron chi connectivity index (χ4n) is 5.63. The van der Waals surface area contributed by atoms with Crippen LogP contribution in [0.3, 0.4) is 0 Å². The zero-order valence-electron chi connectivity index (χ0n) is 25.6. The number of aliphatic hydroxyl groups excluding tert-OH is 1. The lowest BCUT2D eigenvalue weighted by Crippen LogP contribution is -2.58. The number of nitrogens with zero attached hydrogens (tertiary/aromatic N) is 2. The van der Waals surface area contributed by atoms with Crippen LogP contribution in [0.15, 0.2) is 23.7 Å². The molecule has 0 unspecified atom stereocenters. The second-order valence-electron chi connectivity index (χ2n) is 12.7. The van der Waals surface area contributed by atoms with Crippen LogP contribution < -0.4 is 16.0 Å². The molecule has 0 radical (unpaired) electrons. The molecule has 0 bridgehead atoms. The molecule has 4 atom stereocenters. The smallest absolute Gasteiger partial charge is 0.246 e. The van der Waals surface area contributed by atoms with Gasteiger partial charge in [0.05, 0.1) is 34.8 Å². The molecule has 2 fully saturated rings. The van der Waals surface area contributed by atoms with E-state index in [1.54, 1.807) is 5.51 Å². The maximum absolute atomic E-state index is 13.8. The molecule has 1 aromatic carbocycles. The number of likely N-dealkylation sites (tertiary alicyclic amines) is 1. The number of β-amino-alcohol motifs (C(OH)–C–C–N with tert-alkyl or cyclic N) is 1. The summed E-state index contributed by atoms with van der Waals surface area (Å²) in [5.41, 5.74) is 3.73. The average molecular weight is 634 g/mol. The van der Waals surface area contributed by atoms with E-state index in [1.807, 2.05) is 52.8 Å². The van der Waals surface area contributed by atoms with Crippen LogP contribution in [0, 0.1) is 18.3 Å². The van der Waals surface area contributed by atoms with Gasteiger partial charge in [0.1, 0.15) is 18.7 Å². The molecular weight excluding hydrogens is 590 g/mol. The van der Waals surface area contributed by atoms with Gasteiger partial charge in [-0.1, -0.05) is 44.5 Å². The maximum atomic E-state index is 13.8. The zero-order valence-corrected chi connectivity index (χ0v) is 27.2. The molecule has 2 aromatic rings. The van der Waals surface area contributed by atoms with Crippen LogP contribution in [0.4, 0.5) is 0 Å². The molecule has 43 heavy (non-hydrogen) atoms. The van der Waals surface area contributed by atoms with Gasteiger partial charge in [-0.15, -0.1) is 11.3 Å². The number of thiazole rings is 1. The Balaban J connectivity index is 1.39. The number of piperidine rings is 1. The van der Waals surface area contributed by atoms with Crippen molar-refractivity contribution in [1.29, 1.82) is 0 Å². The number of carbonyl (C=O) groups is 3. The van der Waals surface area contributed by atoms with Crippen LogP contribution in [0.25, 0.3) is 10.4 Å². The monoisotopic (exact) mass is 633 g/mol. The van der Waals surface area contributed by atoms with Gasteiger partial charge in [0.2, 0.25) is 17.7 Å². The topological polar surface area (TPSA) is 133 Å². The standard InChI is InChI=1S/C31H44ClN5O5S/c1-18(21-6-7-23(24(32)12-21)27-19(2)34-17-43-27)35-29(40)25-13-22(38)14-37(25)30(41)28(31(3,4)5)36-26(39)16-42-15-20-8-10-33-11-9-20/h6-7,12,17-18,20,22,25,28,33,38H,8-11,13-16H2,1-5H3,(H,35,40)(H,36,39)/t18-,22+,25-,28+/m0/s1. The van der Waals surface area contributed by atoms with E-state index in [4.69, 9.17) is 16.3 Å². The molecular formula is C31H44ClN5O5S. The first-order valence-electron chi connectivity index (χ1n) is 14.9. The predicted molar refractivity (Wildman–Crippen MR) is 168 cm³/mol. The lowest BCUT2D eigenvalue weighted by Gasteiger charge is -2.35. The van der Waals surface area contributed by atoms with E-state index in [0.29, 0.717) is 17.5 Å². The molecule has 2 aliphatic rings. The Labute approximate surface area is 262 Å². The summed E-state index contributed by atoms with van der Waals surface area (Å²) in [5.74, 6) is -0.750. The summed E-state index contributed by atoms with van der Waals surface area (Å²) in [4.78, 5) is 46.8. The second kappa shape index (κ2) is 14.5. The Hall–Kier alpha value is -2.57. The van der Waals surface area contributed by atoms with Crippen molar-refractivity contribution in [3.05, 3.63) is 40.0 Å². The molecule has 10 nitrogen and oxygen atoms in total. The van der Waals surface area contributed by atoms with Crippen molar-refractivity contribution in [3.8, 4) is 10.4 Å². The van der Waals surface area contributed by atoms with Gasteiger partial charge in [0.25, 0.3) is 0 Å². The van der Waals surface area contributed by atoms with Crippen LogP contribution in [0.1, 0.15) is 64.3 Å². The van der Waals surface area contributed by atoms with Gasteiger partial charge in [-0.05, 0) is 62.7 Å². The van der Waals surface area contributed by atoms with Gasteiger partial charge in [-0.25, -0.2) is 4.98 Å². The molecule has 236 valence electrons. The minimum Gasteiger partial charge on any atom is -0.391 e. The van der Waals surface area contributed by atoms with E-state index >= 15 is 0 Å². The molecule has 2 saturated heterocycles. The second-order valence-corrected chi connectivity index (χ2v) is 14.0. The van der Waals surface area contributed by atoms with E-state index < -0.39 is 35.6 Å². The number of benzene rings is 1. The summed E-state index contributed by atoms with van der Waals surface area (Å²) < 4.78 is 5.68. The first-order chi connectivity index (χ1) is 20.3. The van der Waals surface area contributed by atoms with Crippen molar-refractivity contribution in [2.24, 2.45) is 11.3 Å². The number of aryl methyl sites for hydroxylation is 1. The lowest BCUT2D eigenvalue weighted by molar-refractivity contribution is -0.144. The molecule has 0 aliphatic carbocycles. The van der Waals surface area contributed by atoms with Crippen LogP contribution in [0.2, 0.25) is 5.02 Å². The van der Waals surface area contributed by atoms with Crippen LogP contribution in [-0.4, -0.2) is 83.7 Å². The number of nitrogens with one attached hydrogen (secondary N) is 3. The SMILES string of the molecule is Cc1ncsc1-c1ccc([C@H](C)NC(=O)[C@@H]2C[C@@H](O)CN2C(=O)[C@@H](NC(=O)COCC2CCNCC2)C(C)(C)C)cc1Cl. The highest BCUT2D eigenvalue weighted by molar-refractivity contribution is 7.13. The number of amides is 3. The lowest BCUT2D eigenvalue weighted by atomic mass is 9.85. The van der Waals surface area contributed by atoms with Gasteiger partial charge in [-0.3, -0.25) is 14.4 Å². The van der Waals surface area contributed by atoms with E-state index in [1.165, 1.54) is 16.2 Å². The van der Waals surface area contributed by atoms with E-state index in [2.05, 4.69) is 20.9 Å². The third-order valence-electron chi connectivity index (χ3n) is 8.17. The fraction of sp³-hybridized carbons (Fsp3) is 0.613. The Morgan fingerprint density at radius 3 is 2.58 bits per heavy atom. The number of aromatic nitrogens is 1. The summed E-state index contributed by atoms with van der Waals surface area (Å²) >= 11 is 8.13. The van der Waals surface area contributed by atoms with Gasteiger partial charge in [0.15, 0.2) is 0 Å². The van der Waals surface area contributed by atoms with Gasteiger partial charge in [-0.2, -0.15) is 0 Å². The molecule has 0 saturated carbocycles. The van der Waals surface area contributed by atoms with Gasteiger partial charge >= 0.3 is 0 Å². The van der Waals surface area contributed by atoms with E-state index in [-0.39, 0.29) is 31.4 Å². The molecule has 3 heterocycles. The molecule has 12 heteroatoms. The Morgan fingerprint density at radius 2 is 1.95 bits per heavy atom. The van der Waals surface area contributed by atoms with Crippen LogP contribution in [0.5, 0.6) is 0 Å². The highest BCUT2D eigenvalue weighted by atomic mass is 35.5. The van der Waals surface area contributed by atoms with Gasteiger partial charge in [0, 0.05) is 23.6 Å². The molecule has 1 aromatic heterocycles. The normalized spacial score (nSPS) is 21.0. The third-order valence-corrected chi connectivity index (χ3v) is 9.45. The number of hydrogen-bond donors (Lipinski definition) is 4. The number of aliphatic hydroxyl groups is 1. The highest BCUT2D eigenvalue weighted by Crippen LogP contribution is 2.35.